The van der Waals surface area contributed by atoms with Gasteiger partial charge in [-0.2, -0.15) is 0 Å². The third kappa shape index (κ3) is 3.29. The zero-order chi connectivity index (χ0) is 16.4. The number of furan rings is 1. The van der Waals surface area contributed by atoms with E-state index in [1.807, 2.05) is 19.1 Å². The third-order valence-corrected chi connectivity index (χ3v) is 4.93. The van der Waals surface area contributed by atoms with Crippen molar-refractivity contribution in [1.29, 1.82) is 0 Å². The molecule has 1 aliphatic heterocycles. The maximum atomic E-state index is 12.5. The topological polar surface area (TPSA) is 75.4 Å². The van der Waals surface area contributed by atoms with Gasteiger partial charge in [0, 0.05) is 31.4 Å². The Morgan fingerprint density at radius 1 is 1.35 bits per heavy atom. The van der Waals surface area contributed by atoms with Crippen molar-refractivity contribution in [2.75, 3.05) is 20.1 Å². The van der Waals surface area contributed by atoms with Crippen molar-refractivity contribution in [3.8, 4) is 10.8 Å². The van der Waals surface area contributed by atoms with Crippen LogP contribution >= 0.6 is 11.3 Å². The largest absolute Gasteiger partial charge is 0.459 e. The first-order chi connectivity index (χ1) is 11.1. The van der Waals surface area contributed by atoms with Crippen LogP contribution in [-0.4, -0.2) is 41.8 Å². The Labute approximate surface area is 138 Å². The number of hydrogen-bond acceptors (Lipinski definition) is 5. The Morgan fingerprint density at radius 2 is 2.09 bits per heavy atom. The number of piperidine rings is 1. The molecule has 122 valence electrons. The maximum absolute atomic E-state index is 12.5. The molecule has 0 aliphatic carbocycles. The van der Waals surface area contributed by atoms with E-state index in [0.717, 1.165) is 5.76 Å². The second-order valence-electron chi connectivity index (χ2n) is 5.63. The number of aryl methyl sites for hydroxylation is 1. The normalized spacial score (nSPS) is 15.7. The van der Waals surface area contributed by atoms with E-state index in [1.54, 1.807) is 17.3 Å². The highest BCUT2D eigenvalue weighted by molar-refractivity contribution is 7.13. The smallest absolute Gasteiger partial charge is 0.273 e. The van der Waals surface area contributed by atoms with Crippen LogP contribution in [0.3, 0.4) is 0 Å². The van der Waals surface area contributed by atoms with Gasteiger partial charge >= 0.3 is 0 Å². The van der Waals surface area contributed by atoms with Crippen molar-refractivity contribution in [2.45, 2.75) is 19.8 Å². The minimum atomic E-state index is -0.0777. The first kappa shape index (κ1) is 15.7. The monoisotopic (exact) mass is 333 g/mol. The fraction of sp³-hybridized carbons (Fsp3) is 0.438. The SMILES string of the molecule is CNC(=O)C1CCN(C(=O)c2csc(-c3ccc(C)o3)n2)CC1. The minimum Gasteiger partial charge on any atom is -0.459 e. The molecular formula is C16H19N3O3S. The zero-order valence-corrected chi connectivity index (χ0v) is 14.0. The second kappa shape index (κ2) is 6.54. The summed E-state index contributed by atoms with van der Waals surface area (Å²) < 4.78 is 5.54. The van der Waals surface area contributed by atoms with Gasteiger partial charge in [-0.15, -0.1) is 11.3 Å². The van der Waals surface area contributed by atoms with Gasteiger partial charge in [-0.3, -0.25) is 9.59 Å². The summed E-state index contributed by atoms with van der Waals surface area (Å²) in [5.41, 5.74) is 0.442. The number of likely N-dealkylation sites (tertiary alicyclic amines) is 1. The molecule has 1 aliphatic rings. The molecule has 0 bridgehead atoms. The summed E-state index contributed by atoms with van der Waals surface area (Å²) >= 11 is 1.40. The van der Waals surface area contributed by atoms with E-state index < -0.39 is 0 Å². The second-order valence-corrected chi connectivity index (χ2v) is 6.49. The molecule has 0 saturated carbocycles. The van der Waals surface area contributed by atoms with E-state index in [-0.39, 0.29) is 17.7 Å². The van der Waals surface area contributed by atoms with Crippen LogP contribution in [0.15, 0.2) is 21.9 Å². The molecule has 0 spiro atoms. The number of hydrogen-bond donors (Lipinski definition) is 1. The summed E-state index contributed by atoms with van der Waals surface area (Å²) in [5.74, 6) is 1.48. The van der Waals surface area contributed by atoms with Gasteiger partial charge in [0.2, 0.25) is 5.91 Å². The molecule has 3 heterocycles. The van der Waals surface area contributed by atoms with Crippen molar-refractivity contribution < 1.29 is 14.0 Å². The predicted octanol–water partition coefficient (Wildman–Crippen LogP) is 2.31. The number of nitrogens with one attached hydrogen (secondary N) is 1. The van der Waals surface area contributed by atoms with Crippen LogP contribution in [0, 0.1) is 12.8 Å². The molecule has 23 heavy (non-hydrogen) atoms. The molecule has 1 saturated heterocycles. The Kier molecular flexibility index (Phi) is 4.47. The zero-order valence-electron chi connectivity index (χ0n) is 13.2. The van der Waals surface area contributed by atoms with Gasteiger partial charge < -0.3 is 14.6 Å². The van der Waals surface area contributed by atoms with Crippen LogP contribution < -0.4 is 5.32 Å². The molecule has 0 aromatic carbocycles. The van der Waals surface area contributed by atoms with Crippen molar-refractivity contribution in [1.82, 2.24) is 15.2 Å². The lowest BCUT2D eigenvalue weighted by atomic mass is 9.96. The third-order valence-electron chi connectivity index (χ3n) is 4.07. The quantitative estimate of drug-likeness (QED) is 0.935. The van der Waals surface area contributed by atoms with Crippen LogP contribution in [0.1, 0.15) is 29.1 Å². The predicted molar refractivity (Wildman–Crippen MR) is 87.2 cm³/mol. The lowest BCUT2D eigenvalue weighted by Crippen LogP contribution is -2.42. The van der Waals surface area contributed by atoms with Crippen LogP contribution in [0.25, 0.3) is 10.8 Å². The van der Waals surface area contributed by atoms with E-state index in [9.17, 15) is 9.59 Å². The molecule has 0 atom stereocenters. The molecule has 0 radical (unpaired) electrons. The molecule has 2 amide bonds. The van der Waals surface area contributed by atoms with Crippen LogP contribution in [0.4, 0.5) is 0 Å². The van der Waals surface area contributed by atoms with Gasteiger partial charge in [0.15, 0.2) is 10.8 Å². The molecule has 3 rings (SSSR count). The van der Waals surface area contributed by atoms with E-state index >= 15 is 0 Å². The first-order valence-corrected chi connectivity index (χ1v) is 8.49. The van der Waals surface area contributed by atoms with Crippen LogP contribution in [-0.2, 0) is 4.79 Å². The molecule has 1 N–H and O–H groups in total. The average Bonchev–Trinajstić information content (AvgIpc) is 3.22. The summed E-state index contributed by atoms with van der Waals surface area (Å²) in [5, 5.41) is 5.14. The number of carbonyl (C=O) groups excluding carboxylic acids is 2. The van der Waals surface area contributed by atoms with Gasteiger partial charge in [-0.25, -0.2) is 4.98 Å². The van der Waals surface area contributed by atoms with E-state index in [4.69, 9.17) is 4.42 Å². The van der Waals surface area contributed by atoms with Crippen LogP contribution in [0.2, 0.25) is 0 Å². The number of nitrogens with zero attached hydrogens (tertiary/aromatic N) is 2. The summed E-state index contributed by atoms with van der Waals surface area (Å²) in [7, 11) is 1.65. The number of thiazole rings is 1. The Morgan fingerprint density at radius 3 is 2.70 bits per heavy atom. The van der Waals surface area contributed by atoms with Gasteiger partial charge in [0.25, 0.3) is 5.91 Å². The van der Waals surface area contributed by atoms with Gasteiger partial charge in [0.05, 0.1) is 0 Å². The average molecular weight is 333 g/mol. The van der Waals surface area contributed by atoms with Crippen molar-refractivity contribution in [3.05, 3.63) is 29.0 Å². The number of carbonyl (C=O) groups is 2. The summed E-state index contributed by atoms with van der Waals surface area (Å²) in [6.45, 7) is 3.05. The van der Waals surface area contributed by atoms with Gasteiger partial charge in [-0.05, 0) is 31.9 Å². The van der Waals surface area contributed by atoms with Gasteiger partial charge in [-0.1, -0.05) is 0 Å². The number of amides is 2. The van der Waals surface area contributed by atoms with Crippen molar-refractivity contribution in [3.63, 3.8) is 0 Å². The minimum absolute atomic E-state index is 0.00105. The summed E-state index contributed by atoms with van der Waals surface area (Å²) in [4.78, 5) is 30.3. The van der Waals surface area contributed by atoms with E-state index in [1.165, 1.54) is 11.3 Å². The van der Waals surface area contributed by atoms with Crippen molar-refractivity contribution in [2.24, 2.45) is 5.92 Å². The summed E-state index contributed by atoms with van der Waals surface area (Å²) in [6, 6.07) is 3.74. The van der Waals surface area contributed by atoms with E-state index in [0.29, 0.717) is 42.4 Å². The highest BCUT2D eigenvalue weighted by Gasteiger charge is 2.28. The molecular weight excluding hydrogens is 314 g/mol. The molecule has 7 heteroatoms. The number of aromatic nitrogens is 1. The fourth-order valence-electron chi connectivity index (χ4n) is 2.75. The lowest BCUT2D eigenvalue weighted by molar-refractivity contribution is -0.125. The Hall–Kier alpha value is -2.15. The highest BCUT2D eigenvalue weighted by atomic mass is 32.1. The Balaban J connectivity index is 1.65. The van der Waals surface area contributed by atoms with Gasteiger partial charge in [0.1, 0.15) is 11.5 Å². The molecule has 0 unspecified atom stereocenters. The molecule has 2 aromatic heterocycles. The molecule has 2 aromatic rings. The standard InChI is InChI=1S/C16H19N3O3S/c1-10-3-4-13(22-10)15-18-12(9-23-15)16(21)19-7-5-11(6-8-19)14(20)17-2/h3-4,9,11H,5-8H2,1-2H3,(H,17,20). The Bertz CT molecular complexity index is 714. The number of rotatable bonds is 3. The molecule has 6 nitrogen and oxygen atoms in total. The lowest BCUT2D eigenvalue weighted by Gasteiger charge is -2.30. The maximum Gasteiger partial charge on any atom is 0.273 e. The van der Waals surface area contributed by atoms with Crippen LogP contribution in [0.5, 0.6) is 0 Å². The highest BCUT2D eigenvalue weighted by Crippen LogP contribution is 2.27. The summed E-state index contributed by atoms with van der Waals surface area (Å²) in [6.07, 6.45) is 1.39. The fourth-order valence-corrected chi connectivity index (χ4v) is 3.50. The first-order valence-electron chi connectivity index (χ1n) is 7.61. The van der Waals surface area contributed by atoms with E-state index in [2.05, 4.69) is 10.3 Å². The molecule has 1 fully saturated rings. The van der Waals surface area contributed by atoms with Crippen molar-refractivity contribution >= 4 is 23.2 Å².